The zero-order valence-electron chi connectivity index (χ0n) is 12.5. The molecule has 0 atom stereocenters. The van der Waals surface area contributed by atoms with Gasteiger partial charge in [0.05, 0.1) is 0 Å². The van der Waals surface area contributed by atoms with Crippen LogP contribution in [-0.4, -0.2) is 15.0 Å². The Morgan fingerprint density at radius 1 is 0.762 bits per heavy atom. The quantitative estimate of drug-likeness (QED) is 0.734. The highest BCUT2D eigenvalue weighted by Gasteiger charge is 2.01. The van der Waals surface area contributed by atoms with E-state index in [-0.39, 0.29) is 0 Å². The fourth-order valence-electron chi connectivity index (χ4n) is 2.05. The minimum absolute atomic E-state index is 1.05. The first-order valence-corrected chi connectivity index (χ1v) is 7.09. The smallest absolute Gasteiger partial charge is 0.313 e. The van der Waals surface area contributed by atoms with Crippen molar-refractivity contribution < 1.29 is 4.57 Å². The van der Waals surface area contributed by atoms with Crippen LogP contribution >= 0.6 is 0 Å². The van der Waals surface area contributed by atoms with Crippen LogP contribution in [0.15, 0.2) is 60.7 Å². The van der Waals surface area contributed by atoms with Crippen LogP contribution in [-0.2, 0) is 4.57 Å². The van der Waals surface area contributed by atoms with E-state index in [1.807, 2.05) is 50.3 Å². The van der Waals surface area contributed by atoms with Gasteiger partial charge in [-0.1, -0.05) is 83.8 Å². The van der Waals surface area contributed by atoms with Crippen molar-refractivity contribution in [1.29, 1.82) is 0 Å². The van der Waals surface area contributed by atoms with E-state index in [1.54, 1.807) is 15.0 Å². The lowest BCUT2D eigenvalue weighted by molar-refractivity contribution is 0.663. The van der Waals surface area contributed by atoms with Gasteiger partial charge in [0.1, 0.15) is 0 Å². The first kappa shape index (κ1) is 15.4. The average molecular weight is 272 g/mol. The summed E-state index contributed by atoms with van der Waals surface area (Å²) in [6.45, 7) is 4.02. The summed E-state index contributed by atoms with van der Waals surface area (Å²) >= 11 is 0. The normalized spacial score (nSPS) is 11.1. The molecule has 2 aromatic carbocycles. The van der Waals surface area contributed by atoms with Gasteiger partial charge in [-0.25, -0.2) is 0 Å². The van der Waals surface area contributed by atoms with Crippen LogP contribution in [0.4, 0.5) is 0 Å². The van der Waals surface area contributed by atoms with Crippen LogP contribution in [0.2, 0.25) is 0 Å². The SMILES string of the molecule is C/C=C\c1cccc([B]O[B]c2cccc(/C=C\C)c2)c1. The number of benzene rings is 2. The molecule has 21 heavy (non-hydrogen) atoms. The second-order valence-electron chi connectivity index (χ2n) is 4.71. The molecule has 0 aliphatic heterocycles. The van der Waals surface area contributed by atoms with Crippen molar-refractivity contribution in [2.24, 2.45) is 0 Å². The van der Waals surface area contributed by atoms with Gasteiger partial charge in [-0.15, -0.1) is 0 Å². The lowest BCUT2D eigenvalue weighted by Gasteiger charge is -2.04. The number of rotatable bonds is 6. The molecule has 0 heterocycles. The molecule has 2 aromatic rings. The predicted molar refractivity (Wildman–Crippen MR) is 94.2 cm³/mol. The summed E-state index contributed by atoms with van der Waals surface area (Å²) < 4.78 is 5.57. The second-order valence-corrected chi connectivity index (χ2v) is 4.71. The molecule has 0 saturated carbocycles. The Balaban J connectivity index is 1.92. The maximum atomic E-state index is 5.57. The van der Waals surface area contributed by atoms with Crippen molar-refractivity contribution in [3.63, 3.8) is 0 Å². The zero-order valence-corrected chi connectivity index (χ0v) is 12.5. The fraction of sp³-hybridized carbons (Fsp3) is 0.111. The molecule has 0 spiro atoms. The monoisotopic (exact) mass is 272 g/mol. The molecule has 0 amide bonds. The third kappa shape index (κ3) is 5.13. The van der Waals surface area contributed by atoms with E-state index in [9.17, 15) is 0 Å². The molecular weight excluding hydrogens is 254 g/mol. The number of allylic oxidation sites excluding steroid dienone is 2. The van der Waals surface area contributed by atoms with Gasteiger partial charge in [0.15, 0.2) is 0 Å². The molecule has 0 aromatic heterocycles. The van der Waals surface area contributed by atoms with Crippen LogP contribution < -0.4 is 10.9 Å². The van der Waals surface area contributed by atoms with Gasteiger partial charge in [-0.2, -0.15) is 0 Å². The van der Waals surface area contributed by atoms with Crippen molar-refractivity contribution in [3.8, 4) is 0 Å². The molecule has 2 rings (SSSR count). The lowest BCUT2D eigenvalue weighted by atomic mass is 9.80. The first-order chi connectivity index (χ1) is 10.3. The van der Waals surface area contributed by atoms with Gasteiger partial charge >= 0.3 is 15.0 Å². The first-order valence-electron chi connectivity index (χ1n) is 7.09. The summed E-state index contributed by atoms with van der Waals surface area (Å²) in [4.78, 5) is 0. The molecule has 0 aliphatic rings. The van der Waals surface area contributed by atoms with E-state index in [4.69, 9.17) is 4.57 Å². The summed E-state index contributed by atoms with van der Waals surface area (Å²) in [5.74, 6) is 0. The highest BCUT2D eigenvalue weighted by Crippen LogP contribution is 2.00. The lowest BCUT2D eigenvalue weighted by Crippen LogP contribution is -2.25. The molecule has 0 aliphatic carbocycles. The van der Waals surface area contributed by atoms with Crippen LogP contribution in [0.5, 0.6) is 0 Å². The Bertz CT molecular complexity index is 577. The van der Waals surface area contributed by atoms with E-state index < -0.39 is 0 Å². The van der Waals surface area contributed by atoms with E-state index in [0.29, 0.717) is 0 Å². The molecular formula is C18H18B2O. The van der Waals surface area contributed by atoms with Gasteiger partial charge in [-0.3, -0.25) is 0 Å². The molecule has 0 bridgehead atoms. The molecule has 0 saturated heterocycles. The van der Waals surface area contributed by atoms with Crippen LogP contribution in [0.3, 0.4) is 0 Å². The van der Waals surface area contributed by atoms with Crippen LogP contribution in [0.1, 0.15) is 25.0 Å². The highest BCUT2D eigenvalue weighted by atomic mass is 16.4. The van der Waals surface area contributed by atoms with Crippen molar-refractivity contribution in [3.05, 3.63) is 71.8 Å². The molecule has 0 unspecified atom stereocenters. The van der Waals surface area contributed by atoms with E-state index in [2.05, 4.69) is 36.4 Å². The van der Waals surface area contributed by atoms with E-state index in [1.165, 1.54) is 11.1 Å². The van der Waals surface area contributed by atoms with Gasteiger partial charge in [0.25, 0.3) is 0 Å². The Morgan fingerprint density at radius 3 is 1.67 bits per heavy atom. The van der Waals surface area contributed by atoms with Crippen molar-refractivity contribution >= 4 is 38.0 Å². The molecule has 3 heteroatoms. The maximum absolute atomic E-state index is 5.57. The van der Waals surface area contributed by atoms with Gasteiger partial charge < -0.3 is 4.57 Å². The van der Waals surface area contributed by atoms with Crippen molar-refractivity contribution in [2.45, 2.75) is 13.8 Å². The minimum atomic E-state index is 1.05. The minimum Gasteiger partial charge on any atom is -0.498 e. The summed E-state index contributed by atoms with van der Waals surface area (Å²) in [6, 6.07) is 16.4. The Labute approximate surface area is 128 Å². The molecule has 0 fully saturated rings. The van der Waals surface area contributed by atoms with E-state index in [0.717, 1.165) is 10.9 Å². The Hall–Kier alpha value is -1.99. The highest BCUT2D eigenvalue weighted by molar-refractivity contribution is 6.60. The Kier molecular flexibility index (Phi) is 6.11. The summed E-state index contributed by atoms with van der Waals surface area (Å²) in [5.41, 5.74) is 4.44. The largest absolute Gasteiger partial charge is 0.498 e. The summed E-state index contributed by atoms with van der Waals surface area (Å²) in [7, 11) is 3.52. The molecule has 0 N–H and O–H groups in total. The molecule has 2 radical (unpaired) electrons. The van der Waals surface area contributed by atoms with Crippen LogP contribution in [0.25, 0.3) is 12.2 Å². The second kappa shape index (κ2) is 8.33. The van der Waals surface area contributed by atoms with Gasteiger partial charge in [0, 0.05) is 0 Å². The number of hydrogen-bond acceptors (Lipinski definition) is 1. The number of hydrogen-bond donors (Lipinski definition) is 0. The third-order valence-corrected chi connectivity index (χ3v) is 2.95. The zero-order chi connectivity index (χ0) is 14.9. The summed E-state index contributed by atoms with van der Waals surface area (Å²) in [5, 5.41) is 0. The fourth-order valence-corrected chi connectivity index (χ4v) is 2.05. The Morgan fingerprint density at radius 2 is 1.24 bits per heavy atom. The average Bonchev–Trinajstić information content (AvgIpc) is 2.49. The van der Waals surface area contributed by atoms with Crippen molar-refractivity contribution in [1.82, 2.24) is 0 Å². The summed E-state index contributed by atoms with van der Waals surface area (Å²) in [6.07, 6.45) is 8.20. The molecule has 102 valence electrons. The predicted octanol–water partition coefficient (Wildman–Crippen LogP) is 2.96. The standard InChI is InChI=1S/C18H18B2O/c1-3-7-15-9-5-11-17(13-15)19-21-20-18-12-6-10-16(14-18)8-4-2/h3-14H,1-2H3/b7-3-,8-4-. The third-order valence-electron chi connectivity index (χ3n) is 2.95. The van der Waals surface area contributed by atoms with E-state index >= 15 is 0 Å². The van der Waals surface area contributed by atoms with Gasteiger partial charge in [-0.05, 0) is 25.0 Å². The topological polar surface area (TPSA) is 9.23 Å². The maximum Gasteiger partial charge on any atom is 0.313 e. The van der Waals surface area contributed by atoms with Crippen LogP contribution in [0, 0.1) is 0 Å². The van der Waals surface area contributed by atoms with Crippen molar-refractivity contribution in [2.75, 3.05) is 0 Å². The van der Waals surface area contributed by atoms with Gasteiger partial charge in [0.2, 0.25) is 0 Å². The molecule has 1 nitrogen and oxygen atoms in total.